The first-order valence-corrected chi connectivity index (χ1v) is 10.3. The number of rotatable bonds is 8. The van der Waals surface area contributed by atoms with E-state index in [1.54, 1.807) is 24.3 Å². The van der Waals surface area contributed by atoms with Crippen LogP contribution in [-0.4, -0.2) is 27.2 Å². The van der Waals surface area contributed by atoms with E-state index in [-0.39, 0.29) is 10.8 Å². The van der Waals surface area contributed by atoms with Gasteiger partial charge in [0.05, 0.1) is 17.2 Å². The monoisotopic (exact) mass is 373 g/mol. The number of unbranched alkanes of at least 4 members (excludes halogenated alkanes) is 1. The van der Waals surface area contributed by atoms with Gasteiger partial charge in [-0.3, -0.25) is 4.79 Å². The van der Waals surface area contributed by atoms with Crippen LogP contribution in [0.2, 0.25) is 0 Å². The minimum atomic E-state index is -3.22. The van der Waals surface area contributed by atoms with Crippen molar-refractivity contribution in [1.82, 2.24) is 0 Å². The van der Waals surface area contributed by atoms with Crippen molar-refractivity contribution in [3.8, 4) is 5.75 Å². The summed E-state index contributed by atoms with van der Waals surface area (Å²) in [7, 11) is -3.22. The largest absolute Gasteiger partial charge is 0.491 e. The molecule has 1 N–H and O–H groups in total. The first-order valence-electron chi connectivity index (χ1n) is 8.41. The Bertz CT molecular complexity index is 871. The molecule has 0 aromatic heterocycles. The summed E-state index contributed by atoms with van der Waals surface area (Å²) >= 11 is 0. The normalized spacial score (nSPS) is 11.5. The van der Waals surface area contributed by atoms with Gasteiger partial charge in [0.1, 0.15) is 5.75 Å². The molecule has 0 unspecified atom stereocenters. The van der Waals surface area contributed by atoms with Crippen LogP contribution >= 0.6 is 0 Å². The van der Waals surface area contributed by atoms with Crippen LogP contribution in [0.3, 0.4) is 0 Å². The molecule has 0 heterocycles. The highest BCUT2D eigenvalue weighted by atomic mass is 32.2. The van der Waals surface area contributed by atoms with Crippen LogP contribution in [-0.2, 0) is 14.6 Å². The lowest BCUT2D eigenvalue weighted by atomic mass is 10.2. The predicted octanol–water partition coefficient (Wildman–Crippen LogP) is 3.92. The molecule has 0 aliphatic heterocycles. The van der Waals surface area contributed by atoms with Gasteiger partial charge in [0, 0.05) is 12.3 Å². The molecule has 0 spiro atoms. The molecule has 0 atom stereocenters. The van der Waals surface area contributed by atoms with Crippen molar-refractivity contribution in [1.29, 1.82) is 0 Å². The maximum atomic E-state index is 12.1. The number of carbonyl (C=O) groups is 1. The van der Waals surface area contributed by atoms with Gasteiger partial charge in [-0.1, -0.05) is 37.6 Å². The molecule has 5 nitrogen and oxygen atoms in total. The van der Waals surface area contributed by atoms with Crippen molar-refractivity contribution < 1.29 is 17.9 Å². The summed E-state index contributed by atoms with van der Waals surface area (Å²) in [4.78, 5) is 12.4. The Kier molecular flexibility index (Phi) is 6.97. The van der Waals surface area contributed by atoms with Crippen LogP contribution in [0.1, 0.15) is 25.3 Å². The lowest BCUT2D eigenvalue weighted by molar-refractivity contribution is -0.111. The highest BCUT2D eigenvalue weighted by molar-refractivity contribution is 7.90. The minimum absolute atomic E-state index is 0.247. The molecule has 2 rings (SSSR count). The van der Waals surface area contributed by atoms with Gasteiger partial charge < -0.3 is 10.1 Å². The van der Waals surface area contributed by atoms with Crippen molar-refractivity contribution in [2.75, 3.05) is 18.2 Å². The Morgan fingerprint density at radius 2 is 1.81 bits per heavy atom. The van der Waals surface area contributed by atoms with Crippen LogP contribution < -0.4 is 10.1 Å². The highest BCUT2D eigenvalue weighted by Crippen LogP contribution is 2.24. The summed E-state index contributed by atoms with van der Waals surface area (Å²) in [6.45, 7) is 2.69. The number of anilines is 1. The Hall–Kier alpha value is -2.60. The smallest absolute Gasteiger partial charge is 0.248 e. The van der Waals surface area contributed by atoms with Crippen LogP contribution in [0.25, 0.3) is 6.08 Å². The van der Waals surface area contributed by atoms with Crippen LogP contribution in [0.15, 0.2) is 59.5 Å². The van der Waals surface area contributed by atoms with E-state index in [0.29, 0.717) is 18.0 Å². The van der Waals surface area contributed by atoms with Gasteiger partial charge in [-0.15, -0.1) is 0 Å². The molecule has 0 radical (unpaired) electrons. The molecule has 2 aromatic carbocycles. The fraction of sp³-hybridized carbons (Fsp3) is 0.250. The Morgan fingerprint density at radius 1 is 1.12 bits per heavy atom. The van der Waals surface area contributed by atoms with Gasteiger partial charge in [0.15, 0.2) is 9.84 Å². The van der Waals surface area contributed by atoms with E-state index in [1.165, 1.54) is 18.2 Å². The second-order valence-corrected chi connectivity index (χ2v) is 7.88. The lowest BCUT2D eigenvalue weighted by Crippen LogP contribution is -2.09. The first kappa shape index (κ1) is 19.7. The highest BCUT2D eigenvalue weighted by Gasteiger charge is 2.07. The van der Waals surface area contributed by atoms with E-state index < -0.39 is 9.84 Å². The van der Waals surface area contributed by atoms with Crippen LogP contribution in [0, 0.1) is 0 Å². The molecule has 0 fully saturated rings. The third kappa shape index (κ3) is 6.04. The molecule has 1 amide bonds. The standard InChI is InChI=1S/C20H23NO4S/c1-3-4-15-25-19-8-6-5-7-18(19)21-20(22)14-11-16-9-12-17(13-10-16)26(2,23)24/h5-14H,3-4,15H2,1-2H3,(H,21,22)/b14-11+. The lowest BCUT2D eigenvalue weighted by Gasteiger charge is -2.11. The topological polar surface area (TPSA) is 72.5 Å². The molecule has 0 saturated carbocycles. The van der Waals surface area contributed by atoms with Crippen molar-refractivity contribution in [3.05, 3.63) is 60.2 Å². The Balaban J connectivity index is 2.01. The first-order chi connectivity index (χ1) is 12.4. The van der Waals surface area contributed by atoms with Gasteiger partial charge in [0.25, 0.3) is 0 Å². The fourth-order valence-electron chi connectivity index (χ4n) is 2.19. The summed E-state index contributed by atoms with van der Waals surface area (Å²) in [5, 5.41) is 2.80. The van der Waals surface area contributed by atoms with E-state index in [0.717, 1.165) is 24.7 Å². The van der Waals surface area contributed by atoms with Crippen molar-refractivity contribution in [2.45, 2.75) is 24.7 Å². The van der Waals surface area contributed by atoms with E-state index in [4.69, 9.17) is 4.74 Å². The molecule has 0 aliphatic carbocycles. The maximum Gasteiger partial charge on any atom is 0.248 e. The number of sulfone groups is 1. The summed E-state index contributed by atoms with van der Waals surface area (Å²) < 4.78 is 28.6. The molecule has 0 saturated heterocycles. The summed E-state index contributed by atoms with van der Waals surface area (Å²) in [6, 6.07) is 13.6. The van der Waals surface area contributed by atoms with Gasteiger partial charge >= 0.3 is 0 Å². The Labute approximate surface area is 154 Å². The third-order valence-corrected chi connectivity index (χ3v) is 4.76. The number of benzene rings is 2. The number of carbonyl (C=O) groups excluding carboxylic acids is 1. The number of para-hydroxylation sites is 2. The van der Waals surface area contributed by atoms with E-state index in [2.05, 4.69) is 12.2 Å². The number of ether oxygens (including phenoxy) is 1. The number of hydrogen-bond donors (Lipinski definition) is 1. The zero-order valence-electron chi connectivity index (χ0n) is 14.9. The summed E-state index contributed by atoms with van der Waals surface area (Å²) in [5.41, 5.74) is 1.35. The van der Waals surface area contributed by atoms with Crippen LogP contribution in [0.4, 0.5) is 5.69 Å². The van der Waals surface area contributed by atoms with E-state index in [9.17, 15) is 13.2 Å². The summed E-state index contributed by atoms with van der Waals surface area (Å²) in [6.07, 6.45) is 6.17. The van der Waals surface area contributed by atoms with Crippen molar-refractivity contribution in [2.24, 2.45) is 0 Å². The number of hydrogen-bond acceptors (Lipinski definition) is 4. The van der Waals surface area contributed by atoms with Gasteiger partial charge in [-0.25, -0.2) is 8.42 Å². The number of amides is 1. The molecule has 0 aliphatic rings. The zero-order valence-corrected chi connectivity index (χ0v) is 15.8. The molecule has 26 heavy (non-hydrogen) atoms. The SMILES string of the molecule is CCCCOc1ccccc1NC(=O)/C=C/c1ccc(S(C)(=O)=O)cc1. The van der Waals surface area contributed by atoms with E-state index in [1.807, 2.05) is 18.2 Å². The third-order valence-electron chi connectivity index (χ3n) is 3.64. The zero-order chi connectivity index (χ0) is 19.0. The molecule has 2 aromatic rings. The fourth-order valence-corrected chi connectivity index (χ4v) is 2.83. The molecule has 6 heteroatoms. The molecular formula is C20H23NO4S. The van der Waals surface area contributed by atoms with Gasteiger partial charge in [-0.2, -0.15) is 0 Å². The molecule has 0 bridgehead atoms. The van der Waals surface area contributed by atoms with Gasteiger partial charge in [-0.05, 0) is 42.3 Å². The second-order valence-electron chi connectivity index (χ2n) is 5.86. The average molecular weight is 373 g/mol. The van der Waals surface area contributed by atoms with Crippen LogP contribution in [0.5, 0.6) is 5.75 Å². The van der Waals surface area contributed by atoms with E-state index >= 15 is 0 Å². The van der Waals surface area contributed by atoms with Crippen molar-refractivity contribution >= 4 is 27.5 Å². The molecule has 138 valence electrons. The average Bonchev–Trinajstić information content (AvgIpc) is 2.61. The summed E-state index contributed by atoms with van der Waals surface area (Å²) in [5.74, 6) is 0.351. The van der Waals surface area contributed by atoms with Crippen molar-refractivity contribution in [3.63, 3.8) is 0 Å². The Morgan fingerprint density at radius 3 is 2.46 bits per heavy atom. The second kappa shape index (κ2) is 9.20. The van der Waals surface area contributed by atoms with Gasteiger partial charge in [0.2, 0.25) is 5.91 Å². The number of nitrogens with one attached hydrogen (secondary N) is 1. The maximum absolute atomic E-state index is 12.1. The predicted molar refractivity (Wildman–Crippen MR) is 104 cm³/mol. The molecular weight excluding hydrogens is 350 g/mol. The quantitative estimate of drug-likeness (QED) is 0.562. The minimum Gasteiger partial charge on any atom is -0.491 e.